The van der Waals surface area contributed by atoms with E-state index in [1.165, 1.54) is 62.0 Å². The van der Waals surface area contributed by atoms with Gasteiger partial charge in [-0.15, -0.1) is 0 Å². The molecule has 1 aromatic carbocycles. The number of amides is 1. The van der Waals surface area contributed by atoms with Crippen molar-refractivity contribution in [3.8, 4) is 11.3 Å². The normalized spacial score (nSPS) is 11.3. The standard InChI is InChI=1S/C17H14FN3O3S/c1-19-17(22)12-9-16(14-6-2-3-7-15(14)18)21(11-12)25(23,24)13-5-4-8-20-10-13/h2-11H,1H3,(H,19,22). The van der Waals surface area contributed by atoms with Crippen molar-refractivity contribution in [2.45, 2.75) is 4.90 Å². The molecule has 3 rings (SSSR count). The van der Waals surface area contributed by atoms with Crippen molar-refractivity contribution in [3.05, 3.63) is 72.4 Å². The van der Waals surface area contributed by atoms with Crippen LogP contribution in [0.25, 0.3) is 11.3 Å². The summed E-state index contributed by atoms with van der Waals surface area (Å²) in [6.45, 7) is 0. The van der Waals surface area contributed by atoms with Crippen LogP contribution in [0.1, 0.15) is 10.4 Å². The highest BCUT2D eigenvalue weighted by molar-refractivity contribution is 7.90. The van der Waals surface area contributed by atoms with E-state index in [0.717, 1.165) is 3.97 Å². The molecule has 2 heterocycles. The van der Waals surface area contributed by atoms with E-state index in [-0.39, 0.29) is 21.7 Å². The van der Waals surface area contributed by atoms with Gasteiger partial charge in [-0.05, 0) is 30.3 Å². The van der Waals surface area contributed by atoms with Gasteiger partial charge >= 0.3 is 0 Å². The van der Waals surface area contributed by atoms with E-state index in [0.29, 0.717) is 0 Å². The van der Waals surface area contributed by atoms with Crippen molar-refractivity contribution in [2.24, 2.45) is 0 Å². The topological polar surface area (TPSA) is 81.1 Å². The van der Waals surface area contributed by atoms with E-state index in [4.69, 9.17) is 0 Å². The van der Waals surface area contributed by atoms with Crippen LogP contribution < -0.4 is 5.32 Å². The first-order valence-corrected chi connectivity index (χ1v) is 8.74. The SMILES string of the molecule is CNC(=O)c1cc(-c2ccccc2F)n(S(=O)(=O)c2cccnc2)c1. The van der Waals surface area contributed by atoms with Crippen LogP contribution in [-0.4, -0.2) is 30.3 Å². The summed E-state index contributed by atoms with van der Waals surface area (Å²) in [7, 11) is -2.62. The Labute approximate surface area is 144 Å². The molecule has 0 unspecified atom stereocenters. The first-order valence-electron chi connectivity index (χ1n) is 7.30. The lowest BCUT2D eigenvalue weighted by molar-refractivity contribution is 0.0963. The summed E-state index contributed by atoms with van der Waals surface area (Å²) in [4.78, 5) is 15.7. The lowest BCUT2D eigenvalue weighted by Crippen LogP contribution is -2.17. The molecule has 8 heteroatoms. The first-order chi connectivity index (χ1) is 11.9. The molecule has 0 atom stereocenters. The maximum Gasteiger partial charge on any atom is 0.269 e. The molecule has 0 spiro atoms. The third-order valence-electron chi connectivity index (χ3n) is 3.62. The van der Waals surface area contributed by atoms with Crippen LogP contribution in [-0.2, 0) is 10.0 Å². The molecule has 1 amide bonds. The largest absolute Gasteiger partial charge is 0.355 e. The van der Waals surface area contributed by atoms with E-state index in [2.05, 4.69) is 10.3 Å². The van der Waals surface area contributed by atoms with Crippen molar-refractivity contribution in [1.29, 1.82) is 0 Å². The fraction of sp³-hybridized carbons (Fsp3) is 0.0588. The lowest BCUT2D eigenvalue weighted by Gasteiger charge is -2.10. The molecule has 0 saturated carbocycles. The zero-order valence-corrected chi connectivity index (χ0v) is 14.0. The predicted octanol–water partition coefficient (Wildman–Crippen LogP) is 2.29. The highest BCUT2D eigenvalue weighted by Crippen LogP contribution is 2.28. The van der Waals surface area contributed by atoms with Gasteiger partial charge in [0.1, 0.15) is 10.7 Å². The zero-order chi connectivity index (χ0) is 18.0. The number of pyridine rings is 1. The van der Waals surface area contributed by atoms with Crippen LogP contribution in [0.4, 0.5) is 4.39 Å². The number of hydrogen-bond donors (Lipinski definition) is 1. The average molecular weight is 359 g/mol. The summed E-state index contributed by atoms with van der Waals surface area (Å²) in [6.07, 6.45) is 3.81. The molecule has 128 valence electrons. The maximum absolute atomic E-state index is 14.2. The second-order valence-corrected chi connectivity index (χ2v) is 6.98. The van der Waals surface area contributed by atoms with E-state index < -0.39 is 21.7 Å². The number of halogens is 1. The highest BCUT2D eigenvalue weighted by atomic mass is 32.2. The maximum atomic E-state index is 14.2. The Morgan fingerprint density at radius 1 is 1.20 bits per heavy atom. The van der Waals surface area contributed by atoms with Crippen LogP contribution in [0.5, 0.6) is 0 Å². The zero-order valence-electron chi connectivity index (χ0n) is 13.2. The van der Waals surface area contributed by atoms with Gasteiger partial charge < -0.3 is 5.32 Å². The summed E-state index contributed by atoms with van der Waals surface area (Å²) in [5, 5.41) is 2.43. The predicted molar refractivity (Wildman–Crippen MR) is 90.0 cm³/mol. The number of hydrogen-bond acceptors (Lipinski definition) is 4. The highest BCUT2D eigenvalue weighted by Gasteiger charge is 2.24. The lowest BCUT2D eigenvalue weighted by atomic mass is 10.1. The summed E-state index contributed by atoms with van der Waals surface area (Å²) < 4.78 is 41.0. The van der Waals surface area contributed by atoms with Crippen LogP contribution in [0.3, 0.4) is 0 Å². The van der Waals surface area contributed by atoms with E-state index >= 15 is 0 Å². The average Bonchev–Trinajstić information content (AvgIpc) is 3.08. The number of carbonyl (C=O) groups excluding carboxylic acids is 1. The third-order valence-corrected chi connectivity index (χ3v) is 5.27. The molecule has 0 saturated heterocycles. The molecule has 0 fully saturated rings. The molecule has 25 heavy (non-hydrogen) atoms. The fourth-order valence-electron chi connectivity index (χ4n) is 2.39. The molecule has 0 bridgehead atoms. The molecular weight excluding hydrogens is 345 g/mol. The number of aromatic nitrogens is 2. The Morgan fingerprint density at radius 3 is 2.60 bits per heavy atom. The van der Waals surface area contributed by atoms with Crippen molar-refractivity contribution in [3.63, 3.8) is 0 Å². The molecule has 6 nitrogen and oxygen atoms in total. The van der Waals surface area contributed by atoms with Crippen LogP contribution in [0, 0.1) is 5.82 Å². The van der Waals surface area contributed by atoms with Gasteiger partial charge in [0.25, 0.3) is 15.9 Å². The van der Waals surface area contributed by atoms with Gasteiger partial charge in [0, 0.05) is 31.2 Å². The molecular formula is C17H14FN3O3S. The van der Waals surface area contributed by atoms with Gasteiger partial charge in [-0.25, -0.2) is 16.8 Å². The van der Waals surface area contributed by atoms with E-state index in [1.807, 2.05) is 0 Å². The molecule has 0 aliphatic carbocycles. The Balaban J connectivity index is 2.27. The number of rotatable bonds is 4. The Bertz CT molecular complexity index is 1030. The van der Waals surface area contributed by atoms with E-state index in [1.54, 1.807) is 6.07 Å². The summed E-state index contributed by atoms with van der Waals surface area (Å²) in [6, 6.07) is 9.97. The van der Waals surface area contributed by atoms with Crippen molar-refractivity contribution < 1.29 is 17.6 Å². The molecule has 2 aromatic heterocycles. The van der Waals surface area contributed by atoms with Crippen molar-refractivity contribution >= 4 is 15.9 Å². The third kappa shape index (κ3) is 3.03. The van der Waals surface area contributed by atoms with Gasteiger partial charge in [0.2, 0.25) is 0 Å². The molecule has 0 radical (unpaired) electrons. The smallest absolute Gasteiger partial charge is 0.269 e. The fourth-order valence-corrected chi connectivity index (χ4v) is 3.72. The van der Waals surface area contributed by atoms with Gasteiger partial charge in [-0.2, -0.15) is 0 Å². The summed E-state index contributed by atoms with van der Waals surface area (Å²) >= 11 is 0. The minimum Gasteiger partial charge on any atom is -0.355 e. The van der Waals surface area contributed by atoms with Crippen LogP contribution in [0.2, 0.25) is 0 Å². The van der Waals surface area contributed by atoms with Gasteiger partial charge in [-0.3, -0.25) is 9.78 Å². The Morgan fingerprint density at radius 2 is 1.96 bits per heavy atom. The quantitative estimate of drug-likeness (QED) is 0.775. The first kappa shape index (κ1) is 16.8. The Kier molecular flexibility index (Phi) is 4.37. The van der Waals surface area contributed by atoms with Crippen LogP contribution in [0.15, 0.2) is 66.0 Å². The number of benzene rings is 1. The van der Waals surface area contributed by atoms with Crippen molar-refractivity contribution in [1.82, 2.24) is 14.3 Å². The number of carbonyl (C=O) groups is 1. The van der Waals surface area contributed by atoms with E-state index in [9.17, 15) is 17.6 Å². The van der Waals surface area contributed by atoms with Gasteiger partial charge in [0.05, 0.1) is 11.3 Å². The minimum absolute atomic E-state index is 0.0561. The molecule has 1 N–H and O–H groups in total. The molecule has 3 aromatic rings. The monoisotopic (exact) mass is 359 g/mol. The number of nitrogens with one attached hydrogen (secondary N) is 1. The van der Waals surface area contributed by atoms with Gasteiger partial charge in [-0.1, -0.05) is 12.1 Å². The summed E-state index contributed by atoms with van der Waals surface area (Å²) in [5.41, 5.74) is 0.235. The van der Waals surface area contributed by atoms with Gasteiger partial charge in [0.15, 0.2) is 0 Å². The Hall–Kier alpha value is -3.00. The number of nitrogens with zero attached hydrogens (tertiary/aromatic N) is 2. The minimum atomic E-state index is -4.05. The molecule has 0 aliphatic rings. The van der Waals surface area contributed by atoms with Crippen molar-refractivity contribution in [2.75, 3.05) is 7.05 Å². The second-order valence-electron chi connectivity index (χ2n) is 5.16. The van der Waals surface area contributed by atoms with Crippen LogP contribution >= 0.6 is 0 Å². The molecule has 0 aliphatic heterocycles. The second kappa shape index (κ2) is 6.48. The summed E-state index contributed by atoms with van der Waals surface area (Å²) in [5.74, 6) is -1.07.